The maximum Gasteiger partial charge on any atom is 0.319 e. The number of hydrogen-bond donors (Lipinski definition) is 2. The van der Waals surface area contributed by atoms with Crippen LogP contribution in [0, 0.1) is 20.8 Å². The lowest BCUT2D eigenvalue weighted by atomic mass is 10.0. The fraction of sp³-hybridized carbons (Fsp3) is 0.412. The van der Waals surface area contributed by atoms with E-state index in [4.69, 9.17) is 4.52 Å². The van der Waals surface area contributed by atoms with E-state index in [2.05, 4.69) is 47.8 Å². The number of nitrogens with one attached hydrogen (secondary N) is 2. The van der Waals surface area contributed by atoms with Gasteiger partial charge in [-0.05, 0) is 33.3 Å². The van der Waals surface area contributed by atoms with Crippen molar-refractivity contribution in [2.24, 2.45) is 0 Å². The molecule has 22 heavy (non-hydrogen) atoms. The maximum atomic E-state index is 12.2. The van der Waals surface area contributed by atoms with E-state index in [0.29, 0.717) is 23.6 Å². The van der Waals surface area contributed by atoms with Crippen molar-refractivity contribution in [2.75, 3.05) is 5.32 Å². The van der Waals surface area contributed by atoms with Gasteiger partial charge >= 0.3 is 6.03 Å². The van der Waals surface area contributed by atoms with Gasteiger partial charge in [0.1, 0.15) is 11.4 Å². The minimum absolute atomic E-state index is 0.0798. The first-order chi connectivity index (χ1) is 10.4. The quantitative estimate of drug-likeness (QED) is 0.895. The summed E-state index contributed by atoms with van der Waals surface area (Å²) in [6, 6.07) is 5.95. The predicted molar refractivity (Wildman–Crippen MR) is 87.1 cm³/mol. The third kappa shape index (κ3) is 3.67. The minimum atomic E-state index is -0.257. The van der Waals surface area contributed by atoms with Crippen LogP contribution in [-0.2, 0) is 6.42 Å². The molecule has 118 valence electrons. The Kier molecular flexibility index (Phi) is 4.85. The number of aromatic nitrogens is 1. The topological polar surface area (TPSA) is 67.2 Å². The molecule has 0 saturated heterocycles. The van der Waals surface area contributed by atoms with Gasteiger partial charge in [0.25, 0.3) is 0 Å². The fourth-order valence-corrected chi connectivity index (χ4v) is 2.51. The highest BCUT2D eigenvalue weighted by Gasteiger charge is 2.16. The summed E-state index contributed by atoms with van der Waals surface area (Å²) >= 11 is 0. The second kappa shape index (κ2) is 6.64. The molecule has 0 aliphatic rings. The van der Waals surface area contributed by atoms with E-state index < -0.39 is 0 Å². The summed E-state index contributed by atoms with van der Waals surface area (Å²) in [4.78, 5) is 12.2. The van der Waals surface area contributed by atoms with E-state index in [9.17, 15) is 4.79 Å². The molecule has 1 aromatic carbocycles. The first kappa shape index (κ1) is 16.1. The Hall–Kier alpha value is -2.30. The van der Waals surface area contributed by atoms with Crippen molar-refractivity contribution >= 4 is 11.7 Å². The van der Waals surface area contributed by atoms with Gasteiger partial charge in [0.15, 0.2) is 5.76 Å². The molecule has 0 radical (unpaired) electrons. The zero-order valence-electron chi connectivity index (χ0n) is 13.8. The lowest BCUT2D eigenvalue weighted by Gasteiger charge is -2.16. The van der Waals surface area contributed by atoms with Crippen molar-refractivity contribution in [3.05, 3.63) is 46.3 Å². The summed E-state index contributed by atoms with van der Waals surface area (Å²) in [6.45, 7) is 9.84. The SMILES string of the molecule is CCc1onc(C)c1NC(=O)NC(C)c1cc(C)cc(C)c1. The van der Waals surface area contributed by atoms with Crippen LogP contribution in [0.25, 0.3) is 0 Å². The van der Waals surface area contributed by atoms with E-state index in [1.54, 1.807) is 0 Å². The molecule has 0 saturated carbocycles. The average Bonchev–Trinajstić information content (AvgIpc) is 2.78. The molecule has 0 aliphatic heterocycles. The number of rotatable bonds is 4. The maximum absolute atomic E-state index is 12.2. The first-order valence-electron chi connectivity index (χ1n) is 7.51. The molecule has 5 heteroatoms. The van der Waals surface area contributed by atoms with Crippen LogP contribution in [0.3, 0.4) is 0 Å². The lowest BCUT2D eigenvalue weighted by Crippen LogP contribution is -2.31. The van der Waals surface area contributed by atoms with Crippen LogP contribution in [0.5, 0.6) is 0 Å². The van der Waals surface area contributed by atoms with Crippen LogP contribution in [0.15, 0.2) is 22.7 Å². The fourth-order valence-electron chi connectivity index (χ4n) is 2.51. The molecule has 0 bridgehead atoms. The number of benzene rings is 1. The monoisotopic (exact) mass is 301 g/mol. The van der Waals surface area contributed by atoms with Crippen LogP contribution in [-0.4, -0.2) is 11.2 Å². The van der Waals surface area contributed by atoms with Gasteiger partial charge < -0.3 is 15.2 Å². The molecule has 2 aromatic rings. The van der Waals surface area contributed by atoms with Gasteiger partial charge in [0, 0.05) is 6.42 Å². The zero-order chi connectivity index (χ0) is 16.3. The van der Waals surface area contributed by atoms with Crippen LogP contribution in [0.4, 0.5) is 10.5 Å². The predicted octanol–water partition coefficient (Wildman–Crippen LogP) is 4.04. The zero-order valence-corrected chi connectivity index (χ0v) is 13.8. The average molecular weight is 301 g/mol. The highest BCUT2D eigenvalue weighted by Crippen LogP contribution is 2.21. The number of carbonyl (C=O) groups excluding carboxylic acids is 1. The highest BCUT2D eigenvalue weighted by molar-refractivity contribution is 5.90. The number of carbonyl (C=O) groups is 1. The molecule has 2 N–H and O–H groups in total. The third-order valence-electron chi connectivity index (χ3n) is 3.58. The van der Waals surface area contributed by atoms with Gasteiger partial charge in [-0.3, -0.25) is 0 Å². The van der Waals surface area contributed by atoms with Crippen LogP contribution in [0.2, 0.25) is 0 Å². The van der Waals surface area contributed by atoms with Gasteiger partial charge in [-0.25, -0.2) is 4.79 Å². The molecule has 1 atom stereocenters. The Morgan fingerprint density at radius 1 is 1.23 bits per heavy atom. The van der Waals surface area contributed by atoms with E-state index in [-0.39, 0.29) is 12.1 Å². The molecular formula is C17H23N3O2. The molecule has 1 heterocycles. The molecule has 5 nitrogen and oxygen atoms in total. The van der Waals surface area contributed by atoms with Gasteiger partial charge in [-0.15, -0.1) is 0 Å². The van der Waals surface area contributed by atoms with E-state index in [1.165, 1.54) is 11.1 Å². The van der Waals surface area contributed by atoms with Gasteiger partial charge in [-0.1, -0.05) is 41.4 Å². The molecule has 2 rings (SSSR count). The number of amides is 2. The van der Waals surface area contributed by atoms with Crippen molar-refractivity contribution < 1.29 is 9.32 Å². The van der Waals surface area contributed by atoms with Crippen molar-refractivity contribution in [1.82, 2.24) is 10.5 Å². The summed E-state index contributed by atoms with van der Waals surface area (Å²) < 4.78 is 5.17. The Bertz CT molecular complexity index is 656. The lowest BCUT2D eigenvalue weighted by molar-refractivity contribution is 0.249. The first-order valence-corrected chi connectivity index (χ1v) is 7.51. The molecule has 2 amide bonds. The number of hydrogen-bond acceptors (Lipinski definition) is 3. The molecular weight excluding hydrogens is 278 g/mol. The second-order valence-electron chi connectivity index (χ2n) is 5.66. The number of nitrogens with zero attached hydrogens (tertiary/aromatic N) is 1. The van der Waals surface area contributed by atoms with Crippen LogP contribution in [0.1, 0.15) is 48.0 Å². The highest BCUT2D eigenvalue weighted by atomic mass is 16.5. The van der Waals surface area contributed by atoms with E-state index in [0.717, 1.165) is 5.56 Å². The largest absolute Gasteiger partial charge is 0.359 e. The second-order valence-corrected chi connectivity index (χ2v) is 5.66. The summed E-state index contributed by atoms with van der Waals surface area (Å²) in [5.74, 6) is 0.687. The Labute approximate surface area is 131 Å². The van der Waals surface area contributed by atoms with Gasteiger partial charge in [0.05, 0.1) is 6.04 Å². The van der Waals surface area contributed by atoms with E-state index in [1.807, 2.05) is 20.8 Å². The Morgan fingerprint density at radius 3 is 2.45 bits per heavy atom. The Balaban J connectivity index is 2.06. The van der Waals surface area contributed by atoms with Crippen molar-refractivity contribution in [2.45, 2.75) is 47.1 Å². The molecule has 0 aliphatic carbocycles. The Morgan fingerprint density at radius 2 is 1.86 bits per heavy atom. The van der Waals surface area contributed by atoms with Crippen LogP contribution >= 0.6 is 0 Å². The van der Waals surface area contributed by atoms with Gasteiger partial charge in [-0.2, -0.15) is 0 Å². The number of aryl methyl sites for hydroxylation is 4. The summed E-state index contributed by atoms with van der Waals surface area (Å²) in [6.07, 6.45) is 0.684. The molecule has 1 unspecified atom stereocenters. The number of anilines is 1. The normalized spacial score (nSPS) is 12.0. The smallest absolute Gasteiger partial charge is 0.319 e. The summed E-state index contributed by atoms with van der Waals surface area (Å²) in [7, 11) is 0. The van der Waals surface area contributed by atoms with Crippen molar-refractivity contribution in [3.63, 3.8) is 0 Å². The van der Waals surface area contributed by atoms with Crippen molar-refractivity contribution in [1.29, 1.82) is 0 Å². The molecule has 1 aromatic heterocycles. The standard InChI is InChI=1S/C17H23N3O2/c1-6-15-16(13(5)20-22-15)19-17(21)18-12(4)14-8-10(2)7-11(3)9-14/h7-9,12H,6H2,1-5H3,(H2,18,19,21). The van der Waals surface area contributed by atoms with Crippen LogP contribution < -0.4 is 10.6 Å². The third-order valence-corrected chi connectivity index (χ3v) is 3.58. The molecule has 0 fully saturated rings. The van der Waals surface area contributed by atoms with Crippen molar-refractivity contribution in [3.8, 4) is 0 Å². The minimum Gasteiger partial charge on any atom is -0.359 e. The summed E-state index contributed by atoms with van der Waals surface area (Å²) in [5.41, 5.74) is 4.81. The van der Waals surface area contributed by atoms with E-state index >= 15 is 0 Å². The number of urea groups is 1. The summed E-state index contributed by atoms with van der Waals surface area (Å²) in [5, 5.41) is 9.66. The molecule has 0 spiro atoms. The van der Waals surface area contributed by atoms with Gasteiger partial charge in [0.2, 0.25) is 0 Å².